The maximum atomic E-state index is 13.4. The molecule has 0 spiro atoms. The van der Waals surface area contributed by atoms with E-state index in [1.165, 1.54) is 44.6 Å². The molecule has 0 N–H and O–H groups in total. The van der Waals surface area contributed by atoms with E-state index in [1.54, 1.807) is 17.4 Å². The minimum absolute atomic E-state index is 0.188. The zero-order valence-electron chi connectivity index (χ0n) is 24.2. The number of ketones is 2. The predicted octanol–water partition coefficient (Wildman–Crippen LogP) is 9.36. The molecule has 4 aromatic carbocycles. The lowest BCUT2D eigenvalue weighted by atomic mass is 9.74. The molecule has 1 aromatic heterocycles. The van der Waals surface area contributed by atoms with Crippen molar-refractivity contribution < 1.29 is 9.59 Å². The van der Waals surface area contributed by atoms with E-state index in [0.29, 0.717) is 11.1 Å². The first-order chi connectivity index (χ1) is 19.5. The van der Waals surface area contributed by atoms with Gasteiger partial charge in [-0.25, -0.2) is 0 Å². The predicted molar refractivity (Wildman–Crippen MR) is 171 cm³/mol. The van der Waals surface area contributed by atoms with E-state index in [4.69, 9.17) is 0 Å². The van der Waals surface area contributed by atoms with E-state index in [1.807, 2.05) is 36.4 Å². The van der Waals surface area contributed by atoms with Crippen molar-refractivity contribution in [3.63, 3.8) is 0 Å². The second-order valence-corrected chi connectivity index (χ2v) is 13.1. The van der Waals surface area contributed by atoms with Gasteiger partial charge in [0.1, 0.15) is 0 Å². The van der Waals surface area contributed by atoms with Crippen LogP contribution in [-0.2, 0) is 5.41 Å². The molecule has 4 heteroatoms. The van der Waals surface area contributed by atoms with Crippen molar-refractivity contribution in [2.45, 2.75) is 40.0 Å². The van der Waals surface area contributed by atoms with Gasteiger partial charge >= 0.3 is 0 Å². The van der Waals surface area contributed by atoms with Gasteiger partial charge < -0.3 is 4.90 Å². The summed E-state index contributed by atoms with van der Waals surface area (Å²) in [7, 11) is 2.11. The molecule has 0 radical (unpaired) electrons. The van der Waals surface area contributed by atoms with Crippen molar-refractivity contribution in [1.29, 1.82) is 0 Å². The summed E-state index contributed by atoms with van der Waals surface area (Å²) in [5.74, 6) is -0.377. The number of anilines is 2. The van der Waals surface area contributed by atoms with Crippen molar-refractivity contribution in [3.05, 3.63) is 122 Å². The quantitative estimate of drug-likeness (QED) is 0.161. The number of carbonyl (C=O) groups is 2. The Kier molecular flexibility index (Phi) is 5.55. The molecular formula is C37H31NO2S. The van der Waals surface area contributed by atoms with Gasteiger partial charge in [0.25, 0.3) is 0 Å². The molecule has 0 fully saturated rings. The SMILES string of the molecule is Cc1cc(C)c(-c2ccc3c(c2)C(C)(C)c2cc(C=C4C(=O)c5cc6ccccc6cc5C4=O)sc2N3C)c(C)c1. The van der Waals surface area contributed by atoms with Gasteiger partial charge in [-0.05, 0) is 101 Å². The summed E-state index contributed by atoms with van der Waals surface area (Å²) in [4.78, 5) is 30.0. The van der Waals surface area contributed by atoms with Gasteiger partial charge in [0.2, 0.25) is 0 Å². The summed E-state index contributed by atoms with van der Waals surface area (Å²) in [5.41, 5.74) is 11.0. The molecule has 5 aromatic rings. The molecule has 2 heterocycles. The van der Waals surface area contributed by atoms with Gasteiger partial charge in [0, 0.05) is 34.2 Å². The lowest BCUT2D eigenvalue weighted by Gasteiger charge is -2.38. The van der Waals surface area contributed by atoms with Crippen LogP contribution in [0.25, 0.3) is 28.0 Å². The molecule has 0 saturated heterocycles. The third kappa shape index (κ3) is 3.78. The summed E-state index contributed by atoms with van der Waals surface area (Å²) in [6.45, 7) is 11.1. The third-order valence-electron chi connectivity index (χ3n) is 8.86. The van der Waals surface area contributed by atoms with Crippen molar-refractivity contribution in [2.75, 3.05) is 11.9 Å². The van der Waals surface area contributed by atoms with Crippen LogP contribution >= 0.6 is 11.3 Å². The average molecular weight is 554 g/mol. The standard InChI is InChI=1S/C37H31NO2S/c1-20-13-21(2)33(22(3)14-20)25-11-12-32-30(17-25)37(4,5)31-19-26(41-36(31)38(32)6)18-29-34(39)27-15-23-9-7-8-10-24(23)16-28(27)35(29)40/h7-19H,1-6H3. The normalized spacial score (nSPS) is 15.3. The molecular weight excluding hydrogens is 522 g/mol. The zero-order valence-corrected chi connectivity index (χ0v) is 25.0. The minimum Gasteiger partial charge on any atom is -0.336 e. The molecule has 3 nitrogen and oxygen atoms in total. The molecule has 0 saturated carbocycles. The van der Waals surface area contributed by atoms with Crippen molar-refractivity contribution >= 4 is 50.4 Å². The maximum absolute atomic E-state index is 13.4. The van der Waals surface area contributed by atoms with Crippen LogP contribution < -0.4 is 4.90 Å². The minimum atomic E-state index is -0.253. The number of fused-ring (bicyclic) bond motifs is 4. The number of benzene rings is 4. The highest BCUT2D eigenvalue weighted by molar-refractivity contribution is 7.17. The fraction of sp³-hybridized carbons (Fsp3) is 0.189. The molecule has 2 aliphatic rings. The van der Waals surface area contributed by atoms with Gasteiger partial charge in [-0.15, -0.1) is 11.3 Å². The highest BCUT2D eigenvalue weighted by atomic mass is 32.1. The van der Waals surface area contributed by atoms with E-state index in [9.17, 15) is 9.59 Å². The van der Waals surface area contributed by atoms with Gasteiger partial charge in [-0.2, -0.15) is 0 Å². The van der Waals surface area contributed by atoms with Crippen LogP contribution in [0.4, 0.5) is 10.7 Å². The second kappa shape index (κ2) is 8.86. The first-order valence-corrected chi connectivity index (χ1v) is 14.8. The van der Waals surface area contributed by atoms with Crippen LogP contribution in [0.3, 0.4) is 0 Å². The molecule has 41 heavy (non-hydrogen) atoms. The van der Waals surface area contributed by atoms with E-state index in [0.717, 1.165) is 20.7 Å². The number of hydrogen-bond acceptors (Lipinski definition) is 4. The van der Waals surface area contributed by atoms with Crippen LogP contribution in [0.15, 0.2) is 78.4 Å². The highest BCUT2D eigenvalue weighted by Crippen LogP contribution is 2.53. The molecule has 0 amide bonds. The Morgan fingerprint density at radius 3 is 1.98 bits per heavy atom. The van der Waals surface area contributed by atoms with Gasteiger partial charge in [0.05, 0.1) is 10.6 Å². The Hall–Kier alpha value is -4.28. The Labute approximate surface area is 244 Å². The second-order valence-electron chi connectivity index (χ2n) is 12.0. The smallest absolute Gasteiger partial charge is 0.197 e. The van der Waals surface area contributed by atoms with Crippen molar-refractivity contribution in [3.8, 4) is 11.1 Å². The summed E-state index contributed by atoms with van der Waals surface area (Å²) in [6.07, 6.45) is 1.80. The molecule has 1 aliphatic heterocycles. The fourth-order valence-electron chi connectivity index (χ4n) is 6.83. The van der Waals surface area contributed by atoms with Gasteiger partial charge in [-0.3, -0.25) is 9.59 Å². The summed E-state index contributed by atoms with van der Waals surface area (Å²) >= 11 is 1.63. The largest absolute Gasteiger partial charge is 0.336 e. The Morgan fingerprint density at radius 2 is 1.37 bits per heavy atom. The summed E-state index contributed by atoms with van der Waals surface area (Å²) < 4.78 is 0. The number of rotatable bonds is 2. The van der Waals surface area contributed by atoms with Crippen LogP contribution in [0.5, 0.6) is 0 Å². The molecule has 0 atom stereocenters. The number of Topliss-reactive ketones (excluding diaryl/α,β-unsaturated/α-hetero) is 2. The van der Waals surface area contributed by atoms with Crippen molar-refractivity contribution in [2.24, 2.45) is 0 Å². The van der Waals surface area contributed by atoms with Gasteiger partial charge in [0.15, 0.2) is 11.6 Å². The number of nitrogens with zero attached hydrogens (tertiary/aromatic N) is 1. The molecule has 7 rings (SSSR count). The number of thiophene rings is 1. The highest BCUT2D eigenvalue weighted by Gasteiger charge is 2.38. The fourth-order valence-corrected chi connectivity index (χ4v) is 8.06. The Morgan fingerprint density at radius 1 is 0.756 bits per heavy atom. The zero-order chi connectivity index (χ0) is 28.8. The third-order valence-corrected chi connectivity index (χ3v) is 10.0. The first kappa shape index (κ1) is 25.7. The average Bonchev–Trinajstić information content (AvgIpc) is 3.47. The van der Waals surface area contributed by atoms with Crippen LogP contribution in [0, 0.1) is 20.8 Å². The van der Waals surface area contributed by atoms with Crippen LogP contribution in [0.2, 0.25) is 0 Å². The lowest BCUT2D eigenvalue weighted by molar-refractivity contribution is 0.0990. The van der Waals surface area contributed by atoms with E-state index in [-0.39, 0.29) is 22.6 Å². The van der Waals surface area contributed by atoms with Gasteiger partial charge in [-0.1, -0.05) is 61.9 Å². The van der Waals surface area contributed by atoms with Crippen molar-refractivity contribution in [1.82, 2.24) is 0 Å². The van der Waals surface area contributed by atoms with E-state index in [2.05, 4.69) is 83.0 Å². The number of hydrogen-bond donors (Lipinski definition) is 0. The number of aryl methyl sites for hydroxylation is 3. The summed E-state index contributed by atoms with van der Waals surface area (Å²) in [5, 5.41) is 3.08. The molecule has 202 valence electrons. The van der Waals surface area contributed by atoms with E-state index < -0.39 is 0 Å². The monoisotopic (exact) mass is 553 g/mol. The molecule has 0 unspecified atom stereocenters. The first-order valence-electron chi connectivity index (χ1n) is 14.0. The molecule has 1 aliphatic carbocycles. The van der Waals surface area contributed by atoms with Crippen LogP contribution in [0.1, 0.15) is 67.3 Å². The number of allylic oxidation sites excluding steroid dienone is 1. The van der Waals surface area contributed by atoms with Crippen LogP contribution in [-0.4, -0.2) is 18.6 Å². The summed E-state index contributed by atoms with van der Waals surface area (Å²) in [6, 6.07) is 25.0. The number of carbonyl (C=O) groups excluding carboxylic acids is 2. The lowest BCUT2D eigenvalue weighted by Crippen LogP contribution is -2.29. The Balaban J connectivity index is 1.30. The topological polar surface area (TPSA) is 37.4 Å². The maximum Gasteiger partial charge on any atom is 0.197 e. The molecule has 0 bridgehead atoms. The Bertz CT molecular complexity index is 1930. The van der Waals surface area contributed by atoms with E-state index >= 15 is 0 Å².